The van der Waals surface area contributed by atoms with Crippen LogP contribution < -0.4 is 9.46 Å². The molecule has 0 aromatic heterocycles. The first-order chi connectivity index (χ1) is 8.81. The molecule has 0 spiro atoms. The van der Waals surface area contributed by atoms with E-state index < -0.39 is 27.9 Å². The molecular formula is C11H14FNO5S. The van der Waals surface area contributed by atoms with Crippen LogP contribution in [0.5, 0.6) is 5.75 Å². The molecule has 0 fully saturated rings. The van der Waals surface area contributed by atoms with Gasteiger partial charge in [0, 0.05) is 0 Å². The number of hydrogen-bond acceptors (Lipinski definition) is 5. The van der Waals surface area contributed by atoms with E-state index in [1.807, 2.05) is 0 Å². The number of halogens is 1. The smallest absolute Gasteiger partial charge is 0.323 e. The van der Waals surface area contributed by atoms with Gasteiger partial charge < -0.3 is 9.47 Å². The number of sulfonamides is 1. The van der Waals surface area contributed by atoms with Crippen LogP contribution in [0.2, 0.25) is 0 Å². The molecule has 0 aliphatic carbocycles. The standard InChI is InChI=1S/C11H14FNO5S/c1-7(11(14)18-3)13-19(15,16)8-4-5-10(17-2)9(12)6-8/h4-7,13H,1-3H3. The van der Waals surface area contributed by atoms with Gasteiger partial charge in [0.15, 0.2) is 11.6 Å². The number of rotatable bonds is 5. The Hall–Kier alpha value is -1.67. The molecule has 106 valence electrons. The van der Waals surface area contributed by atoms with Gasteiger partial charge in [0.1, 0.15) is 6.04 Å². The number of methoxy groups -OCH3 is 2. The highest BCUT2D eigenvalue weighted by Crippen LogP contribution is 2.20. The van der Waals surface area contributed by atoms with Crippen molar-refractivity contribution in [2.75, 3.05) is 14.2 Å². The van der Waals surface area contributed by atoms with E-state index in [0.29, 0.717) is 0 Å². The molecule has 0 saturated carbocycles. The summed E-state index contributed by atoms with van der Waals surface area (Å²) in [6.07, 6.45) is 0. The lowest BCUT2D eigenvalue weighted by atomic mass is 10.3. The predicted octanol–water partition coefficient (Wildman–Crippen LogP) is 0.674. The third-order valence-corrected chi connectivity index (χ3v) is 3.86. The Bertz CT molecular complexity index is 572. The molecule has 1 atom stereocenters. The lowest BCUT2D eigenvalue weighted by molar-refractivity contribution is -0.142. The molecule has 0 amide bonds. The largest absolute Gasteiger partial charge is 0.494 e. The second-order valence-corrected chi connectivity index (χ2v) is 5.38. The summed E-state index contributed by atoms with van der Waals surface area (Å²) in [7, 11) is -1.60. The Labute approximate surface area is 110 Å². The van der Waals surface area contributed by atoms with E-state index in [1.54, 1.807) is 0 Å². The van der Waals surface area contributed by atoms with E-state index >= 15 is 0 Å². The molecule has 1 aromatic rings. The molecule has 19 heavy (non-hydrogen) atoms. The van der Waals surface area contributed by atoms with Gasteiger partial charge in [-0.3, -0.25) is 4.79 Å². The quantitative estimate of drug-likeness (QED) is 0.807. The molecule has 0 heterocycles. The Balaban J connectivity index is 3.01. The van der Waals surface area contributed by atoms with Gasteiger partial charge in [-0.15, -0.1) is 0 Å². The fourth-order valence-electron chi connectivity index (χ4n) is 1.34. The molecule has 6 nitrogen and oxygen atoms in total. The summed E-state index contributed by atoms with van der Waals surface area (Å²) in [5.41, 5.74) is 0. The Kier molecular flexibility index (Phi) is 4.84. The van der Waals surface area contributed by atoms with Gasteiger partial charge in [0.2, 0.25) is 10.0 Å². The normalized spacial score (nSPS) is 12.8. The number of benzene rings is 1. The SMILES string of the molecule is COC(=O)C(C)NS(=O)(=O)c1ccc(OC)c(F)c1. The van der Waals surface area contributed by atoms with Crippen molar-refractivity contribution >= 4 is 16.0 Å². The van der Waals surface area contributed by atoms with Crippen molar-refractivity contribution in [3.63, 3.8) is 0 Å². The molecule has 1 rings (SSSR count). The third kappa shape index (κ3) is 3.65. The maximum Gasteiger partial charge on any atom is 0.323 e. The van der Waals surface area contributed by atoms with Crippen molar-refractivity contribution in [3.05, 3.63) is 24.0 Å². The van der Waals surface area contributed by atoms with Crippen LogP contribution in [0.3, 0.4) is 0 Å². The number of nitrogens with one attached hydrogen (secondary N) is 1. The van der Waals surface area contributed by atoms with Crippen LogP contribution in [-0.4, -0.2) is 34.6 Å². The first-order valence-corrected chi connectivity index (χ1v) is 6.74. The van der Waals surface area contributed by atoms with Crippen LogP contribution in [-0.2, 0) is 19.6 Å². The summed E-state index contributed by atoms with van der Waals surface area (Å²) in [5.74, 6) is -1.62. The number of carbonyl (C=O) groups excluding carboxylic acids is 1. The van der Waals surface area contributed by atoms with Crippen LogP contribution in [0.1, 0.15) is 6.92 Å². The lowest BCUT2D eigenvalue weighted by Crippen LogP contribution is -2.39. The first-order valence-electron chi connectivity index (χ1n) is 5.25. The zero-order valence-corrected chi connectivity index (χ0v) is 11.5. The maximum atomic E-state index is 13.4. The number of ether oxygens (including phenoxy) is 2. The van der Waals surface area contributed by atoms with Crippen molar-refractivity contribution < 1.29 is 27.1 Å². The molecule has 0 bridgehead atoms. The van der Waals surface area contributed by atoms with Crippen molar-refractivity contribution in [2.24, 2.45) is 0 Å². The van der Waals surface area contributed by atoms with Crippen molar-refractivity contribution in [1.29, 1.82) is 0 Å². The summed E-state index contributed by atoms with van der Waals surface area (Å²) in [6.45, 7) is 1.32. The van der Waals surface area contributed by atoms with Crippen molar-refractivity contribution in [1.82, 2.24) is 4.72 Å². The number of hydrogen-bond donors (Lipinski definition) is 1. The van der Waals surface area contributed by atoms with E-state index in [2.05, 4.69) is 14.2 Å². The van der Waals surface area contributed by atoms with Gasteiger partial charge in [-0.05, 0) is 25.1 Å². The van der Waals surface area contributed by atoms with Crippen LogP contribution >= 0.6 is 0 Å². The molecule has 1 aromatic carbocycles. The molecule has 0 saturated heterocycles. The molecule has 8 heteroatoms. The fourth-order valence-corrected chi connectivity index (χ4v) is 2.54. The van der Waals surface area contributed by atoms with Gasteiger partial charge in [-0.2, -0.15) is 4.72 Å². The predicted molar refractivity (Wildman–Crippen MR) is 64.8 cm³/mol. The first kappa shape index (κ1) is 15.4. The molecule has 0 radical (unpaired) electrons. The number of esters is 1. The van der Waals surface area contributed by atoms with Crippen LogP contribution in [0.15, 0.2) is 23.1 Å². The Morgan fingerprint density at radius 1 is 1.37 bits per heavy atom. The Morgan fingerprint density at radius 2 is 2.00 bits per heavy atom. The van der Waals surface area contributed by atoms with Crippen LogP contribution in [0.25, 0.3) is 0 Å². The summed E-state index contributed by atoms with van der Waals surface area (Å²) in [5, 5.41) is 0. The van der Waals surface area contributed by atoms with E-state index in [0.717, 1.165) is 13.2 Å². The topological polar surface area (TPSA) is 81.7 Å². The van der Waals surface area contributed by atoms with Gasteiger partial charge in [0.05, 0.1) is 19.1 Å². The lowest BCUT2D eigenvalue weighted by Gasteiger charge is -2.12. The zero-order chi connectivity index (χ0) is 14.6. The van der Waals surface area contributed by atoms with Crippen LogP contribution in [0.4, 0.5) is 4.39 Å². The van der Waals surface area contributed by atoms with Crippen LogP contribution in [0, 0.1) is 5.82 Å². The number of carbonyl (C=O) groups is 1. The average Bonchev–Trinajstić information content (AvgIpc) is 2.37. The zero-order valence-electron chi connectivity index (χ0n) is 10.6. The summed E-state index contributed by atoms with van der Waals surface area (Å²) in [4.78, 5) is 10.8. The monoisotopic (exact) mass is 291 g/mol. The van der Waals surface area contributed by atoms with E-state index in [-0.39, 0.29) is 10.6 Å². The maximum absolute atomic E-state index is 13.4. The van der Waals surface area contributed by atoms with Gasteiger partial charge in [-0.1, -0.05) is 0 Å². The summed E-state index contributed by atoms with van der Waals surface area (Å²) < 4.78 is 48.4. The van der Waals surface area contributed by atoms with Gasteiger partial charge >= 0.3 is 5.97 Å². The highest BCUT2D eigenvalue weighted by atomic mass is 32.2. The fraction of sp³-hybridized carbons (Fsp3) is 0.364. The average molecular weight is 291 g/mol. The Morgan fingerprint density at radius 3 is 2.47 bits per heavy atom. The molecule has 0 aliphatic rings. The molecule has 0 aliphatic heterocycles. The highest BCUT2D eigenvalue weighted by molar-refractivity contribution is 7.89. The van der Waals surface area contributed by atoms with Crippen molar-refractivity contribution in [3.8, 4) is 5.75 Å². The molecular weight excluding hydrogens is 277 g/mol. The van der Waals surface area contributed by atoms with Gasteiger partial charge in [0.25, 0.3) is 0 Å². The minimum atomic E-state index is -4.01. The minimum Gasteiger partial charge on any atom is -0.494 e. The van der Waals surface area contributed by atoms with Crippen molar-refractivity contribution in [2.45, 2.75) is 17.9 Å². The third-order valence-electron chi connectivity index (χ3n) is 2.32. The van der Waals surface area contributed by atoms with E-state index in [9.17, 15) is 17.6 Å². The van der Waals surface area contributed by atoms with E-state index in [1.165, 1.54) is 26.2 Å². The summed E-state index contributed by atoms with van der Waals surface area (Å²) >= 11 is 0. The second kappa shape index (κ2) is 5.98. The highest BCUT2D eigenvalue weighted by Gasteiger charge is 2.23. The second-order valence-electron chi connectivity index (χ2n) is 3.66. The van der Waals surface area contributed by atoms with E-state index in [4.69, 9.17) is 0 Å². The summed E-state index contributed by atoms with van der Waals surface area (Å²) in [6, 6.07) is 2.10. The minimum absolute atomic E-state index is 0.0695. The van der Waals surface area contributed by atoms with Gasteiger partial charge in [-0.25, -0.2) is 12.8 Å². The molecule has 1 N–H and O–H groups in total. The molecule has 1 unspecified atom stereocenters.